The minimum Gasteiger partial charge on any atom is -0.405 e. The molecule has 0 bridgehead atoms. The maximum absolute atomic E-state index is 15.2. The monoisotopic (exact) mass is 514 g/mol. The number of nitrogens with one attached hydrogen (secondary N) is 1. The summed E-state index contributed by atoms with van der Waals surface area (Å²) in [6.07, 6.45) is -4.63. The van der Waals surface area contributed by atoms with Crippen molar-refractivity contribution in [2.24, 2.45) is 5.41 Å². The maximum Gasteiger partial charge on any atom is 0.573 e. The Kier molecular flexibility index (Phi) is 6.70. The van der Waals surface area contributed by atoms with Crippen molar-refractivity contribution < 1.29 is 40.7 Å². The lowest BCUT2D eigenvalue weighted by Gasteiger charge is -2.49. The topological polar surface area (TPSA) is 58.6 Å². The van der Waals surface area contributed by atoms with Gasteiger partial charge in [-0.2, -0.15) is 8.78 Å². The smallest absolute Gasteiger partial charge is 0.405 e. The zero-order valence-electron chi connectivity index (χ0n) is 19.3. The van der Waals surface area contributed by atoms with Crippen LogP contribution in [0.15, 0.2) is 42.5 Å². The molecule has 1 N–H and O–H groups in total. The van der Waals surface area contributed by atoms with Gasteiger partial charge in [0.05, 0.1) is 5.56 Å². The molecular weight excluding hydrogens is 490 g/mol. The van der Waals surface area contributed by atoms with Crippen LogP contribution in [-0.2, 0) is 15.5 Å². The fourth-order valence-corrected chi connectivity index (χ4v) is 5.34. The van der Waals surface area contributed by atoms with E-state index >= 15 is 8.78 Å². The molecule has 2 aromatic carbocycles. The number of amides is 2. The molecule has 2 fully saturated rings. The van der Waals surface area contributed by atoms with Crippen molar-refractivity contribution in [1.82, 2.24) is 10.2 Å². The van der Waals surface area contributed by atoms with E-state index in [-0.39, 0.29) is 50.7 Å². The number of alkyl halides is 5. The molecular formula is C25H24F6N2O3. The Balaban J connectivity index is 1.56. The number of halogens is 6. The van der Waals surface area contributed by atoms with Gasteiger partial charge in [-0.15, -0.1) is 13.2 Å². The van der Waals surface area contributed by atoms with E-state index in [2.05, 4.69) is 10.1 Å². The number of rotatable bonds is 4. The van der Waals surface area contributed by atoms with Gasteiger partial charge in [-0.3, -0.25) is 9.59 Å². The number of ether oxygens (including phenoxy) is 1. The molecule has 5 nitrogen and oxygen atoms in total. The zero-order valence-corrected chi connectivity index (χ0v) is 19.3. The summed E-state index contributed by atoms with van der Waals surface area (Å²) in [5.74, 6) is -7.85. The molecule has 1 unspecified atom stereocenters. The number of piperidine rings is 2. The van der Waals surface area contributed by atoms with Crippen LogP contribution in [0.2, 0.25) is 0 Å². The van der Waals surface area contributed by atoms with Crippen molar-refractivity contribution in [3.63, 3.8) is 0 Å². The van der Waals surface area contributed by atoms with Crippen molar-refractivity contribution in [2.75, 3.05) is 19.6 Å². The maximum atomic E-state index is 15.2. The minimum atomic E-state index is -5.21. The normalized spacial score (nSPS) is 20.2. The molecule has 0 aliphatic carbocycles. The second kappa shape index (κ2) is 9.33. The number of carbonyl (C=O) groups excluding carboxylic acids is 2. The molecule has 1 spiro atoms. The Hall–Kier alpha value is -3.24. The number of hydrogen-bond donors (Lipinski definition) is 1. The third kappa shape index (κ3) is 5.01. The summed E-state index contributed by atoms with van der Waals surface area (Å²) in [6, 6.07) is 8.01. The fourth-order valence-electron chi connectivity index (χ4n) is 5.34. The Labute approximate surface area is 203 Å². The van der Waals surface area contributed by atoms with Crippen LogP contribution in [0.25, 0.3) is 0 Å². The summed E-state index contributed by atoms with van der Waals surface area (Å²) in [5.41, 5.74) is -0.278. The Morgan fingerprint density at radius 1 is 1.08 bits per heavy atom. The first-order valence-electron chi connectivity index (χ1n) is 11.4. The highest BCUT2D eigenvalue weighted by molar-refractivity contribution is 5.86. The number of likely N-dealkylation sites (tertiary alicyclic amines) is 1. The summed E-state index contributed by atoms with van der Waals surface area (Å²) >= 11 is 0. The van der Waals surface area contributed by atoms with Gasteiger partial charge in [-0.1, -0.05) is 18.2 Å². The van der Waals surface area contributed by atoms with Crippen LogP contribution in [0.1, 0.15) is 41.9 Å². The molecule has 11 heteroatoms. The van der Waals surface area contributed by atoms with Gasteiger partial charge in [0, 0.05) is 32.0 Å². The Bertz CT molecular complexity index is 1160. The summed E-state index contributed by atoms with van der Waals surface area (Å²) in [7, 11) is 0. The minimum absolute atomic E-state index is 0.110. The Morgan fingerprint density at radius 2 is 1.75 bits per heavy atom. The van der Waals surface area contributed by atoms with E-state index in [0.717, 1.165) is 34.7 Å². The molecule has 2 amide bonds. The predicted molar refractivity (Wildman–Crippen MR) is 117 cm³/mol. The quantitative estimate of drug-likeness (QED) is 0.582. The van der Waals surface area contributed by atoms with E-state index in [0.29, 0.717) is 5.56 Å². The van der Waals surface area contributed by atoms with Crippen molar-refractivity contribution >= 4 is 11.8 Å². The lowest BCUT2D eigenvalue weighted by atomic mass is 9.62. The standard InChI is InChI=1S/C25H24F6N2O3/c1-15-12-16(26)6-7-17(15)19-14-32-21(34)13-23(19)8-10-33(11-9-23)22(35)24(27,28)18-4-2-3-5-20(18)36-25(29,30)31/h2-7,12,19H,8-11,13-14H2,1H3,(H,32,34). The van der Waals surface area contributed by atoms with Crippen LogP contribution in [0, 0.1) is 18.2 Å². The van der Waals surface area contributed by atoms with Crippen LogP contribution in [0.3, 0.4) is 0 Å². The summed E-state index contributed by atoms with van der Waals surface area (Å²) in [4.78, 5) is 26.0. The van der Waals surface area contributed by atoms with Gasteiger partial charge in [0.25, 0.3) is 5.91 Å². The van der Waals surface area contributed by atoms with Crippen molar-refractivity contribution in [1.29, 1.82) is 0 Å². The highest BCUT2D eigenvalue weighted by Gasteiger charge is 2.52. The number of para-hydroxylation sites is 1. The van der Waals surface area contributed by atoms with Gasteiger partial charge in [-0.25, -0.2) is 4.39 Å². The third-order valence-corrected chi connectivity index (χ3v) is 7.13. The van der Waals surface area contributed by atoms with Gasteiger partial charge < -0.3 is 15.0 Å². The number of benzene rings is 2. The molecule has 2 saturated heterocycles. The average molecular weight is 514 g/mol. The molecule has 2 aliphatic rings. The van der Waals surface area contributed by atoms with Crippen LogP contribution in [-0.4, -0.2) is 42.7 Å². The van der Waals surface area contributed by atoms with E-state index < -0.39 is 40.7 Å². The molecule has 0 aromatic heterocycles. The molecule has 36 heavy (non-hydrogen) atoms. The average Bonchev–Trinajstić information content (AvgIpc) is 2.79. The second-order valence-electron chi connectivity index (χ2n) is 9.31. The first-order valence-corrected chi connectivity index (χ1v) is 11.4. The third-order valence-electron chi connectivity index (χ3n) is 7.13. The SMILES string of the molecule is Cc1cc(F)ccc1C1CNC(=O)CC12CCN(C(=O)C(F)(F)c1ccccc1OC(F)(F)F)CC2. The lowest BCUT2D eigenvalue weighted by molar-refractivity contribution is -0.275. The van der Waals surface area contributed by atoms with Crippen LogP contribution >= 0.6 is 0 Å². The molecule has 2 aromatic rings. The molecule has 194 valence electrons. The van der Waals surface area contributed by atoms with Gasteiger partial charge in [0.2, 0.25) is 5.91 Å². The summed E-state index contributed by atoms with van der Waals surface area (Å²) in [5, 5.41) is 2.81. The van der Waals surface area contributed by atoms with E-state index in [4.69, 9.17) is 0 Å². The number of nitrogens with zero attached hydrogens (tertiary/aromatic N) is 1. The van der Waals surface area contributed by atoms with E-state index in [9.17, 15) is 27.2 Å². The predicted octanol–water partition coefficient (Wildman–Crippen LogP) is 5.04. The van der Waals surface area contributed by atoms with E-state index in [1.165, 1.54) is 12.1 Å². The first kappa shape index (κ1) is 25.8. The van der Waals surface area contributed by atoms with Crippen LogP contribution < -0.4 is 10.1 Å². The van der Waals surface area contributed by atoms with Crippen molar-refractivity contribution in [3.05, 3.63) is 65.0 Å². The summed E-state index contributed by atoms with van der Waals surface area (Å²) < 4.78 is 85.8. The number of aryl methyl sites for hydroxylation is 1. The molecule has 1 atom stereocenters. The van der Waals surface area contributed by atoms with Crippen molar-refractivity contribution in [3.8, 4) is 5.75 Å². The number of carbonyl (C=O) groups is 2. The molecule has 4 rings (SSSR count). The molecule has 2 heterocycles. The van der Waals surface area contributed by atoms with Gasteiger partial charge >= 0.3 is 12.3 Å². The first-order chi connectivity index (χ1) is 16.8. The fraction of sp³-hybridized carbons (Fsp3) is 0.440. The van der Waals surface area contributed by atoms with Gasteiger partial charge in [0.15, 0.2) is 0 Å². The van der Waals surface area contributed by atoms with E-state index in [1.807, 2.05) is 0 Å². The molecule has 0 radical (unpaired) electrons. The Morgan fingerprint density at radius 3 is 2.39 bits per heavy atom. The van der Waals surface area contributed by atoms with Crippen LogP contribution in [0.4, 0.5) is 26.3 Å². The molecule has 2 aliphatic heterocycles. The number of hydrogen-bond acceptors (Lipinski definition) is 3. The molecule has 0 saturated carbocycles. The highest BCUT2D eigenvalue weighted by atomic mass is 19.4. The second-order valence-corrected chi connectivity index (χ2v) is 9.31. The van der Waals surface area contributed by atoms with Gasteiger partial charge in [-0.05, 0) is 60.6 Å². The largest absolute Gasteiger partial charge is 0.573 e. The lowest BCUT2D eigenvalue weighted by Crippen LogP contribution is -2.54. The van der Waals surface area contributed by atoms with E-state index in [1.54, 1.807) is 13.0 Å². The van der Waals surface area contributed by atoms with Crippen molar-refractivity contribution in [2.45, 2.75) is 44.4 Å². The van der Waals surface area contributed by atoms with Gasteiger partial charge in [0.1, 0.15) is 11.6 Å². The zero-order chi connectivity index (χ0) is 26.3. The van der Waals surface area contributed by atoms with Crippen LogP contribution in [0.5, 0.6) is 5.75 Å². The highest BCUT2D eigenvalue weighted by Crippen LogP contribution is 2.50. The summed E-state index contributed by atoms with van der Waals surface area (Å²) in [6.45, 7) is 1.82.